The molecular weight excluding hydrogens is 172 g/mol. The Bertz CT molecular complexity index is 125. The molecule has 0 aromatic rings. The largest absolute Gasteiger partial charge is 0.314 e. The van der Waals surface area contributed by atoms with Crippen LogP contribution < -0.4 is 5.32 Å². The molecule has 0 fully saturated rings. The molecular formula is C12H28N2. The molecule has 0 rings (SSSR count). The molecule has 2 heteroatoms. The molecule has 2 unspecified atom stereocenters. The molecule has 0 aromatic carbocycles. The molecule has 0 heterocycles. The Kier molecular flexibility index (Phi) is 8.20. The van der Waals surface area contributed by atoms with Gasteiger partial charge in [0.15, 0.2) is 0 Å². The minimum absolute atomic E-state index is 0.649. The summed E-state index contributed by atoms with van der Waals surface area (Å²) in [5.74, 6) is 0. The summed E-state index contributed by atoms with van der Waals surface area (Å²) < 4.78 is 0. The van der Waals surface area contributed by atoms with Crippen LogP contribution in [0.5, 0.6) is 0 Å². The fourth-order valence-corrected chi connectivity index (χ4v) is 1.71. The van der Waals surface area contributed by atoms with Crippen LogP contribution in [0.4, 0.5) is 0 Å². The van der Waals surface area contributed by atoms with Crippen LogP contribution in [0.3, 0.4) is 0 Å². The van der Waals surface area contributed by atoms with E-state index in [0.717, 1.165) is 12.6 Å². The Hall–Kier alpha value is -0.0800. The molecule has 0 radical (unpaired) electrons. The minimum Gasteiger partial charge on any atom is -0.314 e. The maximum atomic E-state index is 3.45. The van der Waals surface area contributed by atoms with Crippen molar-refractivity contribution >= 4 is 0 Å². The van der Waals surface area contributed by atoms with E-state index in [9.17, 15) is 0 Å². The van der Waals surface area contributed by atoms with Gasteiger partial charge in [-0.1, -0.05) is 20.3 Å². The van der Waals surface area contributed by atoms with Crippen LogP contribution in [0.25, 0.3) is 0 Å². The normalized spacial score (nSPS) is 15.9. The van der Waals surface area contributed by atoms with Gasteiger partial charge >= 0.3 is 0 Å². The van der Waals surface area contributed by atoms with Gasteiger partial charge in [0.2, 0.25) is 0 Å². The Morgan fingerprint density at radius 1 is 1.14 bits per heavy atom. The van der Waals surface area contributed by atoms with Gasteiger partial charge in [0.25, 0.3) is 0 Å². The van der Waals surface area contributed by atoms with Gasteiger partial charge in [-0.2, -0.15) is 0 Å². The van der Waals surface area contributed by atoms with E-state index in [1.165, 1.54) is 25.8 Å². The fourth-order valence-electron chi connectivity index (χ4n) is 1.71. The van der Waals surface area contributed by atoms with Crippen LogP contribution in [-0.4, -0.2) is 37.1 Å². The summed E-state index contributed by atoms with van der Waals surface area (Å²) in [5, 5.41) is 3.45. The molecule has 0 aliphatic heterocycles. The van der Waals surface area contributed by atoms with Crippen molar-refractivity contribution in [2.45, 2.75) is 59.0 Å². The number of nitrogens with zero attached hydrogens (tertiary/aromatic N) is 1. The lowest BCUT2D eigenvalue weighted by Gasteiger charge is -2.25. The van der Waals surface area contributed by atoms with E-state index >= 15 is 0 Å². The second-order valence-electron chi connectivity index (χ2n) is 4.37. The third-order valence-corrected chi connectivity index (χ3v) is 2.93. The highest BCUT2D eigenvalue weighted by molar-refractivity contribution is 4.66. The Morgan fingerprint density at radius 2 is 1.79 bits per heavy atom. The lowest BCUT2D eigenvalue weighted by Crippen LogP contribution is -2.34. The van der Waals surface area contributed by atoms with Crippen LogP contribution in [0.15, 0.2) is 0 Å². The zero-order valence-corrected chi connectivity index (χ0v) is 10.6. The highest BCUT2D eigenvalue weighted by atomic mass is 15.1. The third kappa shape index (κ3) is 6.39. The molecule has 0 aliphatic carbocycles. The first-order chi connectivity index (χ1) is 6.61. The van der Waals surface area contributed by atoms with E-state index in [1.807, 2.05) is 0 Å². The molecule has 0 aromatic heterocycles. The second kappa shape index (κ2) is 8.25. The molecule has 2 nitrogen and oxygen atoms in total. The Labute approximate surface area is 90.1 Å². The highest BCUT2D eigenvalue weighted by Crippen LogP contribution is 2.05. The summed E-state index contributed by atoms with van der Waals surface area (Å²) in [4.78, 5) is 2.47. The molecule has 2 atom stereocenters. The first-order valence-corrected chi connectivity index (χ1v) is 6.05. The zero-order valence-electron chi connectivity index (χ0n) is 10.6. The van der Waals surface area contributed by atoms with Gasteiger partial charge in [-0.05, 0) is 46.8 Å². The van der Waals surface area contributed by atoms with Crippen molar-refractivity contribution in [2.24, 2.45) is 0 Å². The van der Waals surface area contributed by atoms with Gasteiger partial charge in [0.1, 0.15) is 0 Å². The molecule has 1 N–H and O–H groups in total. The second-order valence-corrected chi connectivity index (χ2v) is 4.37. The monoisotopic (exact) mass is 200 g/mol. The van der Waals surface area contributed by atoms with Crippen molar-refractivity contribution in [3.05, 3.63) is 0 Å². The van der Waals surface area contributed by atoms with Gasteiger partial charge in [-0.25, -0.2) is 0 Å². The summed E-state index contributed by atoms with van der Waals surface area (Å²) in [6.45, 7) is 11.3. The standard InChI is InChI=1S/C12H28N2/c1-6-8-12(4)14(5)10-9-11(3)13-7-2/h11-13H,6-10H2,1-5H3. The quantitative estimate of drug-likeness (QED) is 0.647. The van der Waals surface area contributed by atoms with Crippen LogP contribution in [0.2, 0.25) is 0 Å². The van der Waals surface area contributed by atoms with E-state index < -0.39 is 0 Å². The summed E-state index contributed by atoms with van der Waals surface area (Å²) in [6, 6.07) is 1.38. The van der Waals surface area contributed by atoms with Gasteiger partial charge in [0, 0.05) is 12.1 Å². The first kappa shape index (κ1) is 13.9. The van der Waals surface area contributed by atoms with Crippen molar-refractivity contribution in [2.75, 3.05) is 20.1 Å². The predicted octanol–water partition coefficient (Wildman–Crippen LogP) is 2.49. The Balaban J connectivity index is 3.56. The lowest BCUT2D eigenvalue weighted by atomic mass is 10.1. The van der Waals surface area contributed by atoms with Crippen molar-refractivity contribution in [1.29, 1.82) is 0 Å². The van der Waals surface area contributed by atoms with Crippen molar-refractivity contribution in [3.63, 3.8) is 0 Å². The molecule has 14 heavy (non-hydrogen) atoms. The summed E-state index contributed by atoms with van der Waals surface area (Å²) >= 11 is 0. The van der Waals surface area contributed by atoms with Gasteiger partial charge in [0.05, 0.1) is 0 Å². The van der Waals surface area contributed by atoms with Crippen LogP contribution in [-0.2, 0) is 0 Å². The van der Waals surface area contributed by atoms with Gasteiger partial charge in [-0.15, -0.1) is 0 Å². The molecule has 0 amide bonds. The third-order valence-electron chi connectivity index (χ3n) is 2.93. The van der Waals surface area contributed by atoms with E-state index in [2.05, 4.69) is 45.0 Å². The van der Waals surface area contributed by atoms with Crippen molar-refractivity contribution in [1.82, 2.24) is 10.2 Å². The van der Waals surface area contributed by atoms with Crippen molar-refractivity contribution < 1.29 is 0 Å². The van der Waals surface area contributed by atoms with E-state index in [0.29, 0.717) is 6.04 Å². The number of rotatable bonds is 8. The highest BCUT2D eigenvalue weighted by Gasteiger charge is 2.08. The minimum atomic E-state index is 0.649. The average Bonchev–Trinajstić information content (AvgIpc) is 2.15. The van der Waals surface area contributed by atoms with Crippen LogP contribution in [0.1, 0.15) is 47.0 Å². The molecule has 0 spiro atoms. The lowest BCUT2D eigenvalue weighted by molar-refractivity contribution is 0.233. The topological polar surface area (TPSA) is 15.3 Å². The van der Waals surface area contributed by atoms with Crippen molar-refractivity contribution in [3.8, 4) is 0 Å². The predicted molar refractivity (Wildman–Crippen MR) is 64.8 cm³/mol. The summed E-state index contributed by atoms with van der Waals surface area (Å²) in [7, 11) is 2.24. The maximum Gasteiger partial charge on any atom is 0.00637 e. The average molecular weight is 200 g/mol. The smallest absolute Gasteiger partial charge is 0.00637 e. The fraction of sp³-hybridized carbons (Fsp3) is 1.00. The number of hydrogen-bond acceptors (Lipinski definition) is 2. The molecule has 0 bridgehead atoms. The SMILES string of the molecule is CCCC(C)N(C)CCC(C)NCC. The molecule has 86 valence electrons. The molecule has 0 saturated heterocycles. The first-order valence-electron chi connectivity index (χ1n) is 6.05. The summed E-state index contributed by atoms with van der Waals surface area (Å²) in [6.07, 6.45) is 3.85. The number of nitrogens with one attached hydrogen (secondary N) is 1. The van der Waals surface area contributed by atoms with Crippen LogP contribution in [0, 0.1) is 0 Å². The number of hydrogen-bond donors (Lipinski definition) is 1. The van der Waals surface area contributed by atoms with Gasteiger partial charge in [-0.3, -0.25) is 0 Å². The van der Waals surface area contributed by atoms with E-state index in [1.54, 1.807) is 0 Å². The Morgan fingerprint density at radius 3 is 2.29 bits per heavy atom. The van der Waals surface area contributed by atoms with Gasteiger partial charge < -0.3 is 10.2 Å². The zero-order chi connectivity index (χ0) is 11.0. The summed E-state index contributed by atoms with van der Waals surface area (Å²) in [5.41, 5.74) is 0. The maximum absolute atomic E-state index is 3.45. The van der Waals surface area contributed by atoms with E-state index in [4.69, 9.17) is 0 Å². The molecule has 0 saturated carbocycles. The molecule has 0 aliphatic rings. The van der Waals surface area contributed by atoms with E-state index in [-0.39, 0.29) is 0 Å². The van der Waals surface area contributed by atoms with Crippen LogP contribution >= 0.6 is 0 Å².